The fourth-order valence-electron chi connectivity index (χ4n) is 3.01. The summed E-state index contributed by atoms with van der Waals surface area (Å²) in [6.07, 6.45) is 3.75. The molecule has 0 bridgehead atoms. The smallest absolute Gasteiger partial charge is 0.251 e. The van der Waals surface area contributed by atoms with Gasteiger partial charge in [0.25, 0.3) is 5.91 Å². The van der Waals surface area contributed by atoms with E-state index in [1.807, 2.05) is 0 Å². The fraction of sp³-hybridized carbons (Fsp3) is 0.500. The van der Waals surface area contributed by atoms with Crippen molar-refractivity contribution >= 4 is 22.8 Å². The fourth-order valence-corrected chi connectivity index (χ4v) is 3.01. The van der Waals surface area contributed by atoms with E-state index in [0.29, 0.717) is 29.6 Å². The topological polar surface area (TPSA) is 123 Å². The van der Waals surface area contributed by atoms with Gasteiger partial charge in [0.2, 0.25) is 5.91 Å². The van der Waals surface area contributed by atoms with Crippen LogP contribution < -0.4 is 16.4 Å². The Morgan fingerprint density at radius 1 is 1.08 bits per heavy atom. The number of benzene rings is 1. The van der Waals surface area contributed by atoms with E-state index in [1.54, 1.807) is 18.2 Å². The number of hydrogen-bond acceptors (Lipinski definition) is 6. The third-order valence-electron chi connectivity index (χ3n) is 4.31. The maximum atomic E-state index is 12.3. The number of amides is 2. The first-order valence-corrected chi connectivity index (χ1v) is 8.18. The minimum atomic E-state index is -0.129. The first kappa shape index (κ1) is 16.4. The normalized spacial score (nSPS) is 20.7. The summed E-state index contributed by atoms with van der Waals surface area (Å²) in [7, 11) is 0. The van der Waals surface area contributed by atoms with Crippen molar-refractivity contribution < 1.29 is 14.2 Å². The Morgan fingerprint density at radius 2 is 1.75 bits per heavy atom. The third-order valence-corrected chi connectivity index (χ3v) is 4.31. The van der Waals surface area contributed by atoms with Gasteiger partial charge in [0.1, 0.15) is 11.0 Å². The van der Waals surface area contributed by atoms with Crippen LogP contribution in [-0.4, -0.2) is 40.8 Å². The number of nitrogens with two attached hydrogens (primary N) is 1. The molecule has 1 heterocycles. The van der Waals surface area contributed by atoms with Gasteiger partial charge in [0.15, 0.2) is 0 Å². The van der Waals surface area contributed by atoms with Crippen molar-refractivity contribution in [3.8, 4) is 0 Å². The van der Waals surface area contributed by atoms with Gasteiger partial charge in [0, 0.05) is 30.6 Å². The highest BCUT2D eigenvalue weighted by molar-refractivity contribution is 5.97. The minimum Gasteiger partial charge on any atom is -0.353 e. The number of hydrogen-bond donors (Lipinski definition) is 3. The second kappa shape index (κ2) is 7.39. The lowest BCUT2D eigenvalue weighted by Gasteiger charge is -2.29. The second-order valence-corrected chi connectivity index (χ2v) is 6.10. The Morgan fingerprint density at radius 3 is 2.46 bits per heavy atom. The summed E-state index contributed by atoms with van der Waals surface area (Å²) in [6.45, 7) is 0.364. The molecule has 0 saturated heterocycles. The van der Waals surface area contributed by atoms with Crippen LogP contribution >= 0.6 is 0 Å². The lowest BCUT2D eigenvalue weighted by Crippen LogP contribution is -2.44. The van der Waals surface area contributed by atoms with Gasteiger partial charge in [0.05, 0.1) is 0 Å². The molecule has 0 atom stereocenters. The van der Waals surface area contributed by atoms with Crippen LogP contribution in [-0.2, 0) is 4.79 Å². The number of carbonyl (C=O) groups is 2. The Labute approximate surface area is 139 Å². The summed E-state index contributed by atoms with van der Waals surface area (Å²) in [5.41, 5.74) is 7.10. The summed E-state index contributed by atoms with van der Waals surface area (Å²) < 4.78 is 4.64. The van der Waals surface area contributed by atoms with Crippen LogP contribution in [0.25, 0.3) is 11.0 Å². The average molecular weight is 331 g/mol. The number of aromatic nitrogens is 2. The Hall–Kier alpha value is -2.48. The zero-order valence-corrected chi connectivity index (χ0v) is 13.3. The third kappa shape index (κ3) is 3.88. The molecule has 0 aliphatic heterocycles. The molecule has 1 aliphatic rings. The minimum absolute atomic E-state index is 0.000454. The van der Waals surface area contributed by atoms with E-state index in [2.05, 4.69) is 25.6 Å². The molecule has 3 rings (SSSR count). The standard InChI is InChI=1S/C16H21N5O3/c17-8-7-15(22)18-11-2-4-12(5-3-11)19-16(23)10-1-6-13-14(9-10)21-24-20-13/h1,6,9,11-12H,2-5,7-8,17H2,(H,18,22)(H,19,23). The van der Waals surface area contributed by atoms with Crippen LogP contribution in [0.2, 0.25) is 0 Å². The van der Waals surface area contributed by atoms with Gasteiger partial charge in [-0.2, -0.15) is 0 Å². The maximum Gasteiger partial charge on any atom is 0.251 e. The molecule has 8 nitrogen and oxygen atoms in total. The Balaban J connectivity index is 1.50. The van der Waals surface area contributed by atoms with E-state index in [9.17, 15) is 9.59 Å². The van der Waals surface area contributed by atoms with Crippen molar-refractivity contribution in [2.24, 2.45) is 5.73 Å². The van der Waals surface area contributed by atoms with Gasteiger partial charge in [-0.05, 0) is 54.2 Å². The number of nitrogens with one attached hydrogen (secondary N) is 2. The highest BCUT2D eigenvalue weighted by Crippen LogP contribution is 2.20. The molecule has 0 unspecified atom stereocenters. The van der Waals surface area contributed by atoms with E-state index >= 15 is 0 Å². The SMILES string of the molecule is NCCC(=O)NC1CCC(NC(=O)c2ccc3nonc3c2)CC1. The molecule has 1 aromatic heterocycles. The molecule has 1 aromatic carbocycles. The maximum absolute atomic E-state index is 12.3. The quantitative estimate of drug-likeness (QED) is 0.742. The highest BCUT2D eigenvalue weighted by atomic mass is 16.6. The Bertz CT molecular complexity index is 721. The van der Waals surface area contributed by atoms with Gasteiger partial charge in [-0.25, -0.2) is 4.63 Å². The number of carbonyl (C=O) groups excluding carboxylic acids is 2. The molecule has 0 spiro atoms. The van der Waals surface area contributed by atoms with Crippen molar-refractivity contribution in [2.45, 2.75) is 44.2 Å². The van der Waals surface area contributed by atoms with Crippen molar-refractivity contribution in [1.82, 2.24) is 20.9 Å². The zero-order valence-electron chi connectivity index (χ0n) is 13.3. The van der Waals surface area contributed by atoms with Crippen LogP contribution in [0.5, 0.6) is 0 Å². The Kier molecular flexibility index (Phi) is 5.05. The predicted molar refractivity (Wildman–Crippen MR) is 87.1 cm³/mol. The van der Waals surface area contributed by atoms with Crippen molar-refractivity contribution in [2.75, 3.05) is 6.54 Å². The van der Waals surface area contributed by atoms with E-state index in [1.165, 1.54) is 0 Å². The molecule has 1 aliphatic carbocycles. The van der Waals surface area contributed by atoms with Crippen LogP contribution in [0.3, 0.4) is 0 Å². The van der Waals surface area contributed by atoms with Gasteiger partial charge in [-0.1, -0.05) is 0 Å². The predicted octanol–water partition coefficient (Wildman–Crippen LogP) is 0.729. The summed E-state index contributed by atoms with van der Waals surface area (Å²) in [5.74, 6) is -0.130. The molecule has 128 valence electrons. The molecule has 4 N–H and O–H groups in total. The first-order chi connectivity index (χ1) is 11.7. The number of fused-ring (bicyclic) bond motifs is 1. The molecule has 2 amide bonds. The van der Waals surface area contributed by atoms with Crippen LogP contribution in [0, 0.1) is 0 Å². The molecule has 24 heavy (non-hydrogen) atoms. The second-order valence-electron chi connectivity index (χ2n) is 6.10. The molecule has 8 heteroatoms. The number of nitrogens with zero attached hydrogens (tertiary/aromatic N) is 2. The van der Waals surface area contributed by atoms with Crippen LogP contribution in [0.15, 0.2) is 22.8 Å². The summed E-state index contributed by atoms with van der Waals surface area (Å²) in [6, 6.07) is 5.38. The highest BCUT2D eigenvalue weighted by Gasteiger charge is 2.23. The molecular weight excluding hydrogens is 310 g/mol. The molecular formula is C16H21N5O3. The van der Waals surface area contributed by atoms with Crippen LogP contribution in [0.1, 0.15) is 42.5 Å². The summed E-state index contributed by atoms with van der Waals surface area (Å²) in [5, 5.41) is 13.5. The largest absolute Gasteiger partial charge is 0.353 e. The van der Waals surface area contributed by atoms with Crippen LogP contribution in [0.4, 0.5) is 0 Å². The van der Waals surface area contributed by atoms with E-state index < -0.39 is 0 Å². The monoisotopic (exact) mass is 331 g/mol. The molecule has 1 fully saturated rings. The zero-order chi connectivity index (χ0) is 16.9. The average Bonchev–Trinajstić information content (AvgIpc) is 3.04. The lowest BCUT2D eigenvalue weighted by atomic mass is 9.91. The lowest BCUT2D eigenvalue weighted by molar-refractivity contribution is -0.121. The molecule has 0 radical (unpaired) electrons. The van der Waals surface area contributed by atoms with E-state index in [0.717, 1.165) is 25.7 Å². The molecule has 2 aromatic rings. The van der Waals surface area contributed by atoms with Gasteiger partial charge < -0.3 is 16.4 Å². The van der Waals surface area contributed by atoms with Crippen molar-refractivity contribution in [1.29, 1.82) is 0 Å². The summed E-state index contributed by atoms with van der Waals surface area (Å²) in [4.78, 5) is 23.9. The van der Waals surface area contributed by atoms with Gasteiger partial charge in [-0.3, -0.25) is 9.59 Å². The number of rotatable bonds is 5. The van der Waals surface area contributed by atoms with Crippen molar-refractivity contribution in [3.63, 3.8) is 0 Å². The van der Waals surface area contributed by atoms with E-state index in [4.69, 9.17) is 5.73 Å². The summed E-state index contributed by atoms with van der Waals surface area (Å²) >= 11 is 0. The molecule has 1 saturated carbocycles. The van der Waals surface area contributed by atoms with Gasteiger partial charge in [-0.15, -0.1) is 0 Å². The van der Waals surface area contributed by atoms with Crippen molar-refractivity contribution in [3.05, 3.63) is 23.8 Å². The van der Waals surface area contributed by atoms with E-state index in [-0.39, 0.29) is 23.9 Å². The van der Waals surface area contributed by atoms with Gasteiger partial charge >= 0.3 is 0 Å². The first-order valence-electron chi connectivity index (χ1n) is 8.18.